The summed E-state index contributed by atoms with van der Waals surface area (Å²) in [5.41, 5.74) is 0. The molecule has 1 aromatic carbocycles. The number of alkyl halides is 3. The summed E-state index contributed by atoms with van der Waals surface area (Å²) in [6, 6.07) is 3.76. The zero-order valence-corrected chi connectivity index (χ0v) is 15.8. The van der Waals surface area contributed by atoms with Gasteiger partial charge in [-0.05, 0) is 44.5 Å². The molecule has 0 aliphatic carbocycles. The molecule has 1 amide bonds. The van der Waals surface area contributed by atoms with E-state index >= 15 is 0 Å². The minimum Gasteiger partial charge on any atom is -0.406 e. The van der Waals surface area contributed by atoms with Gasteiger partial charge >= 0.3 is 6.36 Å². The van der Waals surface area contributed by atoms with E-state index < -0.39 is 22.1 Å². The third-order valence-corrected chi connectivity index (χ3v) is 4.58. The summed E-state index contributed by atoms with van der Waals surface area (Å²) in [7, 11) is -3.94. The van der Waals surface area contributed by atoms with Gasteiger partial charge in [0.15, 0.2) is 0 Å². The second kappa shape index (κ2) is 10.5. The van der Waals surface area contributed by atoms with Crippen LogP contribution in [0.5, 0.6) is 5.75 Å². The average Bonchev–Trinajstić information content (AvgIpc) is 2.53. The van der Waals surface area contributed by atoms with Crippen molar-refractivity contribution >= 4 is 15.9 Å². The molecular formula is C16H23F3N2O5S. The topological polar surface area (TPSA) is 93.7 Å². The summed E-state index contributed by atoms with van der Waals surface area (Å²) in [5.74, 6) is -0.849. The highest BCUT2D eigenvalue weighted by Gasteiger charge is 2.31. The number of benzene rings is 1. The summed E-state index contributed by atoms with van der Waals surface area (Å²) >= 11 is 0. The van der Waals surface area contributed by atoms with E-state index in [2.05, 4.69) is 14.8 Å². The van der Waals surface area contributed by atoms with Gasteiger partial charge in [-0.15, -0.1) is 13.2 Å². The SMILES string of the molecule is CC(C)OCCCNC(=O)CCNS(=O)(=O)c1ccc(OC(F)(F)F)cc1. The predicted molar refractivity (Wildman–Crippen MR) is 91.6 cm³/mol. The van der Waals surface area contributed by atoms with Crippen LogP contribution in [0.3, 0.4) is 0 Å². The molecule has 0 aliphatic heterocycles. The van der Waals surface area contributed by atoms with Crippen LogP contribution >= 0.6 is 0 Å². The standard InChI is InChI=1S/C16H23F3N2O5S/c1-12(2)25-11-3-9-20-15(22)8-10-21-27(23,24)14-6-4-13(5-7-14)26-16(17,18)19/h4-7,12,21H,3,8-11H2,1-2H3,(H,20,22). The molecule has 0 saturated heterocycles. The van der Waals surface area contributed by atoms with Gasteiger partial charge in [0.1, 0.15) is 5.75 Å². The lowest BCUT2D eigenvalue weighted by atomic mass is 10.3. The number of halogens is 3. The number of carbonyl (C=O) groups excluding carboxylic acids is 1. The van der Waals surface area contributed by atoms with Gasteiger partial charge in [0.25, 0.3) is 0 Å². The Balaban J connectivity index is 2.37. The van der Waals surface area contributed by atoms with Gasteiger partial charge in [0.2, 0.25) is 15.9 Å². The highest BCUT2D eigenvalue weighted by molar-refractivity contribution is 7.89. The molecule has 0 spiro atoms. The van der Waals surface area contributed by atoms with Crippen molar-refractivity contribution in [2.24, 2.45) is 0 Å². The third kappa shape index (κ3) is 10.2. The lowest BCUT2D eigenvalue weighted by Crippen LogP contribution is -2.31. The molecule has 0 saturated carbocycles. The number of amides is 1. The number of hydrogen-bond acceptors (Lipinski definition) is 5. The Hall–Kier alpha value is -1.85. The van der Waals surface area contributed by atoms with Crippen molar-refractivity contribution in [2.45, 2.75) is 44.1 Å². The number of hydrogen-bond donors (Lipinski definition) is 2. The van der Waals surface area contributed by atoms with Gasteiger partial charge in [0.05, 0.1) is 11.0 Å². The van der Waals surface area contributed by atoms with Crippen molar-refractivity contribution in [3.05, 3.63) is 24.3 Å². The second-order valence-electron chi connectivity index (χ2n) is 5.79. The maximum atomic E-state index is 12.1. The molecule has 0 heterocycles. The number of rotatable bonds is 11. The van der Waals surface area contributed by atoms with Crippen LogP contribution < -0.4 is 14.8 Å². The first-order valence-electron chi connectivity index (χ1n) is 8.23. The molecular weight excluding hydrogens is 389 g/mol. The monoisotopic (exact) mass is 412 g/mol. The molecule has 0 aliphatic rings. The van der Waals surface area contributed by atoms with E-state index in [4.69, 9.17) is 4.74 Å². The fraction of sp³-hybridized carbons (Fsp3) is 0.562. The van der Waals surface area contributed by atoms with Gasteiger partial charge in [0, 0.05) is 26.1 Å². The van der Waals surface area contributed by atoms with Gasteiger partial charge in [-0.25, -0.2) is 13.1 Å². The lowest BCUT2D eigenvalue weighted by molar-refractivity contribution is -0.274. The van der Waals surface area contributed by atoms with Crippen molar-refractivity contribution < 1.29 is 35.9 Å². The van der Waals surface area contributed by atoms with Crippen LogP contribution in [0, 0.1) is 0 Å². The first-order valence-corrected chi connectivity index (χ1v) is 9.72. The van der Waals surface area contributed by atoms with Gasteiger partial charge < -0.3 is 14.8 Å². The molecule has 1 rings (SSSR count). The molecule has 11 heteroatoms. The molecule has 0 atom stereocenters. The van der Waals surface area contributed by atoms with Crippen LogP contribution in [-0.2, 0) is 19.6 Å². The smallest absolute Gasteiger partial charge is 0.406 e. The van der Waals surface area contributed by atoms with E-state index in [-0.39, 0.29) is 29.9 Å². The Bertz CT molecular complexity index is 691. The van der Waals surface area contributed by atoms with Gasteiger partial charge in [-0.1, -0.05) is 0 Å². The fourth-order valence-corrected chi connectivity index (χ4v) is 2.94. The summed E-state index contributed by atoms with van der Waals surface area (Å²) in [4.78, 5) is 11.4. The summed E-state index contributed by atoms with van der Waals surface area (Å²) < 4.78 is 71.6. The van der Waals surface area contributed by atoms with Crippen LogP contribution in [0.4, 0.5) is 13.2 Å². The average molecular weight is 412 g/mol. The third-order valence-electron chi connectivity index (χ3n) is 3.11. The molecule has 7 nitrogen and oxygen atoms in total. The van der Waals surface area contributed by atoms with Gasteiger partial charge in [-0.2, -0.15) is 0 Å². The van der Waals surface area contributed by atoms with Crippen molar-refractivity contribution in [2.75, 3.05) is 19.7 Å². The highest BCUT2D eigenvalue weighted by Crippen LogP contribution is 2.23. The van der Waals surface area contributed by atoms with Crippen molar-refractivity contribution in [1.82, 2.24) is 10.0 Å². The molecule has 0 aromatic heterocycles. The molecule has 0 unspecified atom stereocenters. The van der Waals surface area contributed by atoms with Crippen LogP contribution in [0.2, 0.25) is 0 Å². The zero-order valence-electron chi connectivity index (χ0n) is 15.0. The number of nitrogens with one attached hydrogen (secondary N) is 2. The first kappa shape index (κ1) is 23.2. The molecule has 27 heavy (non-hydrogen) atoms. The molecule has 0 radical (unpaired) electrons. The van der Waals surface area contributed by atoms with Crippen LogP contribution in [-0.4, -0.2) is 46.5 Å². The lowest BCUT2D eigenvalue weighted by Gasteiger charge is -2.10. The van der Waals surface area contributed by atoms with E-state index in [1.165, 1.54) is 0 Å². The van der Waals surface area contributed by atoms with E-state index in [9.17, 15) is 26.4 Å². The molecule has 2 N–H and O–H groups in total. The van der Waals surface area contributed by atoms with E-state index in [1.54, 1.807) is 0 Å². The molecule has 0 bridgehead atoms. The molecule has 154 valence electrons. The number of carbonyl (C=O) groups is 1. The van der Waals surface area contributed by atoms with Crippen molar-refractivity contribution in [1.29, 1.82) is 0 Å². The van der Waals surface area contributed by atoms with Crippen LogP contribution in [0.15, 0.2) is 29.2 Å². The van der Waals surface area contributed by atoms with Crippen LogP contribution in [0.1, 0.15) is 26.7 Å². The van der Waals surface area contributed by atoms with Gasteiger partial charge in [-0.3, -0.25) is 4.79 Å². The molecule has 0 fully saturated rings. The largest absolute Gasteiger partial charge is 0.573 e. The predicted octanol–water partition coefficient (Wildman–Crippen LogP) is 2.18. The first-order chi connectivity index (χ1) is 12.5. The maximum Gasteiger partial charge on any atom is 0.573 e. The quantitative estimate of drug-likeness (QED) is 0.544. The Morgan fingerprint density at radius 3 is 2.33 bits per heavy atom. The number of sulfonamides is 1. The normalized spacial score (nSPS) is 12.2. The number of ether oxygens (including phenoxy) is 2. The summed E-state index contributed by atoms with van der Waals surface area (Å²) in [6.07, 6.45) is -4.17. The van der Waals surface area contributed by atoms with Crippen molar-refractivity contribution in [3.63, 3.8) is 0 Å². The van der Waals surface area contributed by atoms with E-state index in [1.807, 2.05) is 13.8 Å². The van der Waals surface area contributed by atoms with E-state index in [0.717, 1.165) is 24.3 Å². The summed E-state index contributed by atoms with van der Waals surface area (Å²) in [5, 5.41) is 2.63. The Morgan fingerprint density at radius 2 is 1.78 bits per heavy atom. The highest BCUT2D eigenvalue weighted by atomic mass is 32.2. The fourth-order valence-electron chi connectivity index (χ4n) is 1.91. The van der Waals surface area contributed by atoms with Crippen molar-refractivity contribution in [3.8, 4) is 5.75 Å². The Labute approximate surface area is 156 Å². The van der Waals surface area contributed by atoms with Crippen LogP contribution in [0.25, 0.3) is 0 Å². The zero-order chi connectivity index (χ0) is 20.5. The second-order valence-corrected chi connectivity index (χ2v) is 7.56. The Kier molecular flexibility index (Phi) is 9.00. The Morgan fingerprint density at radius 1 is 1.15 bits per heavy atom. The minimum absolute atomic E-state index is 0.0699. The molecule has 1 aromatic rings. The minimum atomic E-state index is -4.85. The van der Waals surface area contributed by atoms with E-state index in [0.29, 0.717) is 19.6 Å². The maximum absolute atomic E-state index is 12.1. The summed E-state index contributed by atoms with van der Waals surface area (Å²) in [6.45, 7) is 4.60.